The van der Waals surface area contributed by atoms with E-state index in [1.807, 2.05) is 0 Å². The number of nitro benzene ring substituents is 1. The van der Waals surface area contributed by atoms with Gasteiger partial charge in [0.2, 0.25) is 10.0 Å². The van der Waals surface area contributed by atoms with Crippen molar-refractivity contribution in [3.05, 3.63) is 33.4 Å². The van der Waals surface area contributed by atoms with E-state index in [4.69, 9.17) is 0 Å². The van der Waals surface area contributed by atoms with E-state index < -0.39 is 26.8 Å². The predicted molar refractivity (Wildman–Crippen MR) is 86.3 cm³/mol. The number of carboxylic acids is 1. The van der Waals surface area contributed by atoms with Crippen molar-refractivity contribution < 1.29 is 23.2 Å². The molecule has 1 aliphatic heterocycles. The molecule has 1 fully saturated rings. The predicted octanol–water partition coefficient (Wildman–Crippen LogP) is 2.09. The first kappa shape index (κ1) is 18.3. The van der Waals surface area contributed by atoms with E-state index in [0.717, 1.165) is 4.31 Å². The second-order valence-electron chi connectivity index (χ2n) is 6.20. The quantitative estimate of drug-likeness (QED) is 0.652. The SMILES string of the molecule is Cc1cc([N+](=O)[O-])c(C)c(S(=O)(=O)N2CC(C(=O)O)CCC2C)c1. The molecule has 1 N–H and O–H groups in total. The zero-order valence-electron chi connectivity index (χ0n) is 13.7. The van der Waals surface area contributed by atoms with Gasteiger partial charge in [0.25, 0.3) is 5.69 Å². The van der Waals surface area contributed by atoms with Crippen molar-refractivity contribution >= 4 is 21.7 Å². The third kappa shape index (κ3) is 3.27. The molecule has 1 aliphatic rings. The van der Waals surface area contributed by atoms with Crippen LogP contribution < -0.4 is 0 Å². The zero-order valence-corrected chi connectivity index (χ0v) is 14.5. The number of piperidine rings is 1. The van der Waals surface area contributed by atoms with Crippen LogP contribution in [-0.4, -0.2) is 41.3 Å². The summed E-state index contributed by atoms with van der Waals surface area (Å²) < 4.78 is 27.2. The summed E-state index contributed by atoms with van der Waals surface area (Å²) in [6, 6.07) is 2.37. The molecule has 1 aromatic rings. The van der Waals surface area contributed by atoms with E-state index in [1.165, 1.54) is 19.1 Å². The van der Waals surface area contributed by atoms with Crippen molar-refractivity contribution in [3.63, 3.8) is 0 Å². The molecule has 0 radical (unpaired) electrons. The third-order valence-electron chi connectivity index (χ3n) is 4.43. The summed E-state index contributed by atoms with van der Waals surface area (Å²) >= 11 is 0. The van der Waals surface area contributed by atoms with Gasteiger partial charge in [-0.3, -0.25) is 14.9 Å². The number of carboxylic acid groups (broad SMARTS) is 1. The minimum absolute atomic E-state index is 0.0650. The molecule has 0 aliphatic carbocycles. The van der Waals surface area contributed by atoms with Crippen molar-refractivity contribution in [2.75, 3.05) is 6.54 Å². The highest BCUT2D eigenvalue weighted by atomic mass is 32.2. The maximum absolute atomic E-state index is 13.0. The highest BCUT2D eigenvalue weighted by molar-refractivity contribution is 7.89. The highest BCUT2D eigenvalue weighted by Crippen LogP contribution is 2.33. The second kappa shape index (κ2) is 6.48. The van der Waals surface area contributed by atoms with Gasteiger partial charge in [-0.2, -0.15) is 4.31 Å². The van der Waals surface area contributed by atoms with Crippen LogP contribution >= 0.6 is 0 Å². The number of aliphatic carboxylic acids is 1. The molecule has 0 saturated carbocycles. The van der Waals surface area contributed by atoms with Crippen LogP contribution in [0.4, 0.5) is 5.69 Å². The molecule has 24 heavy (non-hydrogen) atoms. The van der Waals surface area contributed by atoms with Crippen LogP contribution in [0, 0.1) is 29.9 Å². The number of carbonyl (C=O) groups is 1. The topological polar surface area (TPSA) is 118 Å². The average molecular weight is 356 g/mol. The number of nitrogens with zero attached hydrogens (tertiary/aromatic N) is 2. The van der Waals surface area contributed by atoms with Crippen LogP contribution in [0.5, 0.6) is 0 Å². The Kier molecular flexibility index (Phi) is 4.95. The smallest absolute Gasteiger partial charge is 0.307 e. The van der Waals surface area contributed by atoms with Crippen LogP contribution in [0.15, 0.2) is 17.0 Å². The summed E-state index contributed by atoms with van der Waals surface area (Å²) in [5.74, 6) is -1.80. The van der Waals surface area contributed by atoms with Gasteiger partial charge in [-0.25, -0.2) is 8.42 Å². The Bertz CT molecular complexity index is 789. The highest BCUT2D eigenvalue weighted by Gasteiger charge is 2.39. The minimum atomic E-state index is -4.02. The fraction of sp³-hybridized carbons (Fsp3) is 0.533. The normalized spacial score (nSPS) is 22.3. The molecule has 1 heterocycles. The van der Waals surface area contributed by atoms with E-state index in [2.05, 4.69) is 0 Å². The fourth-order valence-electron chi connectivity index (χ4n) is 3.00. The van der Waals surface area contributed by atoms with Crippen LogP contribution in [0.1, 0.15) is 30.9 Å². The fourth-order valence-corrected chi connectivity index (χ4v) is 5.04. The summed E-state index contributed by atoms with van der Waals surface area (Å²) in [4.78, 5) is 21.6. The summed E-state index contributed by atoms with van der Waals surface area (Å²) in [7, 11) is -4.02. The van der Waals surface area contributed by atoms with Crippen molar-refractivity contribution in [2.24, 2.45) is 5.92 Å². The van der Waals surface area contributed by atoms with E-state index in [-0.39, 0.29) is 28.7 Å². The van der Waals surface area contributed by atoms with Gasteiger partial charge in [0, 0.05) is 24.2 Å². The number of rotatable bonds is 4. The molecule has 0 aromatic heterocycles. The van der Waals surface area contributed by atoms with Crippen LogP contribution in [0.25, 0.3) is 0 Å². The molecule has 0 bridgehead atoms. The Hall–Kier alpha value is -2.00. The van der Waals surface area contributed by atoms with Gasteiger partial charge in [-0.05, 0) is 45.2 Å². The lowest BCUT2D eigenvalue weighted by Crippen LogP contribution is -2.47. The molecule has 9 heteroatoms. The average Bonchev–Trinajstić information content (AvgIpc) is 2.48. The summed E-state index contributed by atoms with van der Waals surface area (Å²) in [5.41, 5.74) is 0.272. The van der Waals surface area contributed by atoms with Crippen LogP contribution in [0.2, 0.25) is 0 Å². The summed E-state index contributed by atoms with van der Waals surface area (Å²) in [6.07, 6.45) is 0.846. The van der Waals surface area contributed by atoms with Gasteiger partial charge in [-0.1, -0.05) is 0 Å². The molecule has 2 unspecified atom stereocenters. The first-order valence-electron chi connectivity index (χ1n) is 7.56. The van der Waals surface area contributed by atoms with Crippen molar-refractivity contribution in [2.45, 2.75) is 44.6 Å². The van der Waals surface area contributed by atoms with Gasteiger partial charge >= 0.3 is 5.97 Å². The molecular formula is C15H20N2O6S. The first-order valence-corrected chi connectivity index (χ1v) is 9.00. The molecule has 1 aromatic carbocycles. The lowest BCUT2D eigenvalue weighted by molar-refractivity contribution is -0.385. The van der Waals surface area contributed by atoms with Gasteiger partial charge in [0.05, 0.1) is 15.7 Å². The standard InChI is InChI=1S/C15H20N2O6S/c1-9-6-13(17(20)21)11(3)14(7-9)24(22,23)16-8-12(15(18)19)5-4-10(16)2/h6-7,10,12H,4-5,8H2,1-3H3,(H,18,19). The van der Waals surface area contributed by atoms with Crippen molar-refractivity contribution in [1.82, 2.24) is 4.31 Å². The van der Waals surface area contributed by atoms with Gasteiger partial charge in [0.15, 0.2) is 0 Å². The van der Waals surface area contributed by atoms with Gasteiger partial charge in [0.1, 0.15) is 0 Å². The number of benzene rings is 1. The Balaban J connectivity index is 2.54. The Morgan fingerprint density at radius 2 is 1.96 bits per heavy atom. The third-order valence-corrected chi connectivity index (χ3v) is 6.54. The number of sulfonamides is 1. The largest absolute Gasteiger partial charge is 0.481 e. The van der Waals surface area contributed by atoms with Crippen LogP contribution in [-0.2, 0) is 14.8 Å². The monoisotopic (exact) mass is 356 g/mol. The molecule has 2 rings (SSSR count). The number of hydrogen-bond donors (Lipinski definition) is 1. The lowest BCUT2D eigenvalue weighted by atomic mass is 9.96. The lowest BCUT2D eigenvalue weighted by Gasteiger charge is -2.35. The van der Waals surface area contributed by atoms with Gasteiger partial charge < -0.3 is 5.11 Å². The molecule has 132 valence electrons. The molecule has 2 atom stereocenters. The maximum Gasteiger partial charge on any atom is 0.307 e. The second-order valence-corrected chi connectivity index (χ2v) is 8.06. The van der Waals surface area contributed by atoms with E-state index >= 15 is 0 Å². The van der Waals surface area contributed by atoms with Crippen molar-refractivity contribution in [3.8, 4) is 0 Å². The Morgan fingerprint density at radius 1 is 1.33 bits per heavy atom. The Labute approximate surface area is 140 Å². The summed E-state index contributed by atoms with van der Waals surface area (Å²) in [5, 5.41) is 20.3. The Morgan fingerprint density at radius 3 is 2.50 bits per heavy atom. The molecule has 1 saturated heterocycles. The molecule has 0 amide bonds. The van der Waals surface area contributed by atoms with E-state index in [0.29, 0.717) is 18.4 Å². The number of nitro groups is 1. The van der Waals surface area contributed by atoms with Crippen molar-refractivity contribution in [1.29, 1.82) is 0 Å². The maximum atomic E-state index is 13.0. The molecular weight excluding hydrogens is 336 g/mol. The minimum Gasteiger partial charge on any atom is -0.481 e. The molecule has 8 nitrogen and oxygen atoms in total. The molecule has 0 spiro atoms. The van der Waals surface area contributed by atoms with Gasteiger partial charge in [-0.15, -0.1) is 0 Å². The summed E-state index contributed by atoms with van der Waals surface area (Å²) in [6.45, 7) is 4.58. The first-order chi connectivity index (χ1) is 11.1. The number of aryl methyl sites for hydroxylation is 1. The number of hydrogen-bond acceptors (Lipinski definition) is 5. The van der Waals surface area contributed by atoms with E-state index in [9.17, 15) is 28.4 Å². The van der Waals surface area contributed by atoms with E-state index in [1.54, 1.807) is 13.8 Å². The zero-order chi connectivity index (χ0) is 18.2. The van der Waals surface area contributed by atoms with Crippen LogP contribution in [0.3, 0.4) is 0 Å².